The maximum Gasteiger partial charge on any atom is 0.317 e. The van der Waals surface area contributed by atoms with E-state index in [4.69, 9.17) is 28.3 Å². The number of carboxylic acids is 1. The van der Waals surface area contributed by atoms with E-state index in [0.717, 1.165) is 14.7 Å². The van der Waals surface area contributed by atoms with Crippen LogP contribution in [0.25, 0.3) is 0 Å². The zero-order chi connectivity index (χ0) is 16.5. The molecular weight excluding hydrogens is 383 g/mol. The first-order valence-electron chi connectivity index (χ1n) is 6.34. The summed E-state index contributed by atoms with van der Waals surface area (Å²) >= 11 is 16.9. The van der Waals surface area contributed by atoms with Gasteiger partial charge in [-0.05, 0) is 25.0 Å². The second-order valence-electron chi connectivity index (χ2n) is 4.85. The monoisotopic (exact) mass is 396 g/mol. The van der Waals surface area contributed by atoms with Crippen LogP contribution in [-0.2, 0) is 9.59 Å². The van der Waals surface area contributed by atoms with Crippen molar-refractivity contribution in [1.29, 1.82) is 0 Å². The van der Waals surface area contributed by atoms with Gasteiger partial charge in [-0.2, -0.15) is 0 Å². The maximum atomic E-state index is 12.5. The molecule has 0 aromatic heterocycles. The van der Waals surface area contributed by atoms with Gasteiger partial charge >= 0.3 is 5.97 Å². The number of alkyl halides is 1. The van der Waals surface area contributed by atoms with Gasteiger partial charge < -0.3 is 5.11 Å². The zero-order valence-corrected chi connectivity index (χ0v) is 15.9. The Hall–Kier alpha value is -0.0100. The van der Waals surface area contributed by atoms with Gasteiger partial charge in [0.15, 0.2) is 5.78 Å². The van der Waals surface area contributed by atoms with E-state index in [1.807, 2.05) is 12.5 Å². The first-order valence-corrected chi connectivity index (χ1v) is 10.4. The Morgan fingerprint density at radius 3 is 2.64 bits per heavy atom. The number of carbonyl (C=O) groups is 2. The van der Waals surface area contributed by atoms with Crippen LogP contribution in [0.15, 0.2) is 31.9 Å². The van der Waals surface area contributed by atoms with Crippen molar-refractivity contribution in [3.05, 3.63) is 31.9 Å². The average Bonchev–Trinajstić information content (AvgIpc) is 2.88. The predicted octanol–water partition coefficient (Wildman–Crippen LogP) is 4.47. The molecular formula is C14H14Cl2O3S3. The van der Waals surface area contributed by atoms with Gasteiger partial charge in [0.25, 0.3) is 0 Å². The van der Waals surface area contributed by atoms with Crippen LogP contribution in [0.3, 0.4) is 0 Å². The molecule has 0 saturated heterocycles. The van der Waals surface area contributed by atoms with Gasteiger partial charge in [0.05, 0.1) is 5.03 Å². The van der Waals surface area contributed by atoms with E-state index in [9.17, 15) is 9.59 Å². The fourth-order valence-corrected chi connectivity index (χ4v) is 5.43. The molecule has 0 amide bonds. The Bertz CT molecular complexity index is 606. The van der Waals surface area contributed by atoms with Crippen molar-refractivity contribution < 1.29 is 14.7 Å². The highest BCUT2D eigenvalue weighted by molar-refractivity contribution is 8.21. The second kappa shape index (κ2) is 7.26. The van der Waals surface area contributed by atoms with Gasteiger partial charge in [-0.3, -0.25) is 9.59 Å². The van der Waals surface area contributed by atoms with Gasteiger partial charge in [-0.15, -0.1) is 46.9 Å². The summed E-state index contributed by atoms with van der Waals surface area (Å²) in [6.45, 7) is 0. The van der Waals surface area contributed by atoms with Crippen molar-refractivity contribution in [3.63, 3.8) is 0 Å². The fourth-order valence-electron chi connectivity index (χ4n) is 2.31. The average molecular weight is 397 g/mol. The van der Waals surface area contributed by atoms with Crippen molar-refractivity contribution in [2.45, 2.75) is 23.0 Å². The van der Waals surface area contributed by atoms with E-state index < -0.39 is 16.1 Å². The van der Waals surface area contributed by atoms with Gasteiger partial charge in [-0.1, -0.05) is 17.2 Å². The van der Waals surface area contributed by atoms with Crippen LogP contribution in [0.2, 0.25) is 0 Å². The Labute approximate surface area is 151 Å². The smallest absolute Gasteiger partial charge is 0.317 e. The molecule has 2 aliphatic rings. The molecule has 8 heteroatoms. The van der Waals surface area contributed by atoms with E-state index in [2.05, 4.69) is 0 Å². The van der Waals surface area contributed by atoms with Crippen LogP contribution in [0.5, 0.6) is 0 Å². The first kappa shape index (κ1) is 18.3. The van der Waals surface area contributed by atoms with Crippen molar-refractivity contribution in [1.82, 2.24) is 0 Å². The van der Waals surface area contributed by atoms with Crippen LogP contribution in [0, 0.1) is 0 Å². The third-order valence-electron chi connectivity index (χ3n) is 3.39. The number of aliphatic carboxylic acids is 1. The topological polar surface area (TPSA) is 54.4 Å². The second-order valence-corrected chi connectivity index (χ2v) is 9.10. The number of allylic oxidation sites excluding steroid dienone is 4. The lowest BCUT2D eigenvalue weighted by Crippen LogP contribution is -2.32. The molecule has 22 heavy (non-hydrogen) atoms. The molecule has 1 aliphatic carbocycles. The Morgan fingerprint density at radius 2 is 2.09 bits per heavy atom. The molecule has 1 N–H and O–H groups in total. The summed E-state index contributed by atoms with van der Waals surface area (Å²) in [6.07, 6.45) is 7.55. The van der Waals surface area contributed by atoms with E-state index in [1.54, 1.807) is 6.08 Å². The minimum atomic E-state index is -1.22. The number of thioether (sulfide) groups is 3. The Morgan fingerprint density at radius 1 is 1.45 bits per heavy atom. The number of halogens is 2. The third kappa shape index (κ3) is 3.73. The molecule has 120 valence electrons. The zero-order valence-electron chi connectivity index (χ0n) is 11.9. The van der Waals surface area contributed by atoms with Crippen molar-refractivity contribution in [3.8, 4) is 0 Å². The van der Waals surface area contributed by atoms with E-state index in [0.29, 0.717) is 17.9 Å². The quantitative estimate of drug-likeness (QED) is 0.546. The van der Waals surface area contributed by atoms with Crippen molar-refractivity contribution >= 4 is 70.2 Å². The molecule has 2 rings (SSSR count). The van der Waals surface area contributed by atoms with E-state index in [1.165, 1.54) is 41.4 Å². The highest BCUT2D eigenvalue weighted by Crippen LogP contribution is 2.51. The van der Waals surface area contributed by atoms with Crippen molar-refractivity contribution in [2.24, 2.45) is 0 Å². The fraction of sp³-hybridized carbons (Fsp3) is 0.429. The number of hydrogen-bond acceptors (Lipinski definition) is 5. The lowest BCUT2D eigenvalue weighted by Gasteiger charge is -2.26. The minimum Gasteiger partial charge on any atom is -0.480 e. The first-order chi connectivity index (χ1) is 10.3. The molecule has 2 atom stereocenters. The molecule has 0 fully saturated rings. The predicted molar refractivity (Wildman–Crippen MR) is 97.9 cm³/mol. The highest BCUT2D eigenvalue weighted by atomic mass is 35.5. The van der Waals surface area contributed by atoms with Crippen LogP contribution in [0.1, 0.15) is 12.8 Å². The highest BCUT2D eigenvalue weighted by Gasteiger charge is 2.43. The van der Waals surface area contributed by atoms with Gasteiger partial charge in [0.1, 0.15) is 10.1 Å². The molecule has 0 bridgehead atoms. The Balaban J connectivity index is 2.25. The van der Waals surface area contributed by atoms with Crippen LogP contribution < -0.4 is 0 Å². The summed E-state index contributed by atoms with van der Waals surface area (Å²) in [6, 6.07) is 0. The van der Waals surface area contributed by atoms with Gasteiger partial charge in [0, 0.05) is 21.6 Å². The number of rotatable bonds is 5. The van der Waals surface area contributed by atoms with Crippen LogP contribution >= 0.6 is 58.5 Å². The summed E-state index contributed by atoms with van der Waals surface area (Å²) in [5.74, 6) is -1.09. The van der Waals surface area contributed by atoms with Crippen LogP contribution in [0.4, 0.5) is 0 Å². The summed E-state index contributed by atoms with van der Waals surface area (Å²) in [4.78, 5) is 23.2. The summed E-state index contributed by atoms with van der Waals surface area (Å²) < 4.78 is 0.874. The SMILES string of the molecule is CSC(=CC(=O)C1(Cl)C=C(Cl)C2=C(CC(C(=O)O)S2)C1)SC. The molecule has 0 saturated carbocycles. The van der Waals surface area contributed by atoms with E-state index >= 15 is 0 Å². The van der Waals surface area contributed by atoms with E-state index in [-0.39, 0.29) is 5.78 Å². The molecule has 2 unspecified atom stereocenters. The normalized spacial score (nSPS) is 27.3. The largest absolute Gasteiger partial charge is 0.480 e. The molecule has 0 aromatic carbocycles. The number of hydrogen-bond donors (Lipinski definition) is 1. The lowest BCUT2D eigenvalue weighted by atomic mass is 9.88. The van der Waals surface area contributed by atoms with Gasteiger partial charge in [-0.25, -0.2) is 0 Å². The van der Waals surface area contributed by atoms with Crippen LogP contribution in [-0.4, -0.2) is 39.5 Å². The standard InChI is InChI=1S/C14H14Cl2O3S3/c1-20-11(21-2)4-10(17)14(16)5-7-3-9(13(18)19)22-12(7)8(15)6-14/h4,6,9H,3,5H2,1-2H3,(H,18,19). The number of carbonyl (C=O) groups excluding carboxylic acids is 1. The summed E-state index contributed by atoms with van der Waals surface area (Å²) in [5.41, 5.74) is 0.858. The maximum absolute atomic E-state index is 12.5. The van der Waals surface area contributed by atoms with Crippen molar-refractivity contribution in [2.75, 3.05) is 12.5 Å². The molecule has 1 aliphatic heterocycles. The molecule has 0 aromatic rings. The van der Waals surface area contributed by atoms with Gasteiger partial charge in [0.2, 0.25) is 0 Å². The molecule has 0 radical (unpaired) electrons. The summed E-state index contributed by atoms with van der Waals surface area (Å²) in [5, 5.41) is 8.97. The molecule has 3 nitrogen and oxygen atoms in total. The third-order valence-corrected chi connectivity index (χ3v) is 7.67. The lowest BCUT2D eigenvalue weighted by molar-refractivity contribution is -0.136. The number of carboxylic acid groups (broad SMARTS) is 1. The summed E-state index contributed by atoms with van der Waals surface area (Å²) in [7, 11) is 0. The Kier molecular flexibility index (Phi) is 6.05. The molecule has 0 spiro atoms. The number of ketones is 1. The minimum absolute atomic E-state index is 0.221. The molecule has 1 heterocycles.